The van der Waals surface area contributed by atoms with E-state index in [1.807, 2.05) is 30.3 Å². The minimum absolute atomic E-state index is 0.148. The molecule has 1 aliphatic rings. The third-order valence-electron chi connectivity index (χ3n) is 3.63. The number of fused-ring (bicyclic) bond motifs is 1. The van der Waals surface area contributed by atoms with Crippen LogP contribution in [0, 0.1) is 0 Å². The Morgan fingerprint density at radius 1 is 1.26 bits per heavy atom. The van der Waals surface area contributed by atoms with Gasteiger partial charge < -0.3 is 15.4 Å². The average molecular weight is 330 g/mol. The Labute approximate surface area is 137 Å². The molecule has 0 spiro atoms. The lowest BCUT2D eigenvalue weighted by Gasteiger charge is -2.19. The lowest BCUT2D eigenvalue weighted by atomic mass is 10.1. The van der Waals surface area contributed by atoms with Crippen molar-refractivity contribution in [3.05, 3.63) is 53.6 Å². The molecule has 23 heavy (non-hydrogen) atoms. The minimum Gasteiger partial charge on any atom is -0.490 e. The van der Waals surface area contributed by atoms with Crippen LogP contribution in [0.15, 0.2) is 47.4 Å². The van der Waals surface area contributed by atoms with E-state index < -0.39 is 10.8 Å². The first-order valence-electron chi connectivity index (χ1n) is 7.35. The summed E-state index contributed by atoms with van der Waals surface area (Å²) in [7, 11) is -0.988. The van der Waals surface area contributed by atoms with Gasteiger partial charge in [-0.15, -0.1) is 0 Å². The van der Waals surface area contributed by atoms with Crippen LogP contribution in [-0.2, 0) is 17.3 Å². The number of anilines is 1. The minimum atomic E-state index is -0.988. The summed E-state index contributed by atoms with van der Waals surface area (Å²) in [5, 5.41) is 6.10. The highest BCUT2D eigenvalue weighted by Gasteiger charge is 2.13. The first-order valence-corrected chi connectivity index (χ1v) is 8.90. The number of hydrogen-bond donors (Lipinski definition) is 2. The number of amides is 1. The summed E-state index contributed by atoms with van der Waals surface area (Å²) >= 11 is 0. The van der Waals surface area contributed by atoms with E-state index in [4.69, 9.17) is 4.74 Å². The van der Waals surface area contributed by atoms with Crippen molar-refractivity contribution in [3.8, 4) is 5.75 Å². The molecule has 2 N–H and O–H groups in total. The van der Waals surface area contributed by atoms with Gasteiger partial charge in [-0.25, -0.2) is 0 Å². The second kappa shape index (κ2) is 6.83. The molecule has 1 unspecified atom stereocenters. The standard InChI is InChI=1S/C17H18N2O3S/c1-23(21)14-5-2-12(3-6-14)11-19-17(20)13-4-7-15-16(10-13)22-9-8-18-15/h2-7,10,18H,8-9,11H2,1H3,(H,19,20). The smallest absolute Gasteiger partial charge is 0.251 e. The van der Waals surface area contributed by atoms with Crippen molar-refractivity contribution in [1.82, 2.24) is 5.32 Å². The van der Waals surface area contributed by atoms with E-state index in [9.17, 15) is 9.00 Å². The Kier molecular flexibility index (Phi) is 4.62. The van der Waals surface area contributed by atoms with Crippen LogP contribution in [0.25, 0.3) is 0 Å². The normalized spacial score (nSPS) is 14.1. The zero-order chi connectivity index (χ0) is 16.2. The summed E-state index contributed by atoms with van der Waals surface area (Å²) in [5.74, 6) is 0.559. The van der Waals surface area contributed by atoms with Crippen LogP contribution in [0.1, 0.15) is 15.9 Å². The number of benzene rings is 2. The zero-order valence-electron chi connectivity index (χ0n) is 12.8. The van der Waals surface area contributed by atoms with Gasteiger partial charge in [0.1, 0.15) is 12.4 Å². The van der Waals surface area contributed by atoms with E-state index in [1.165, 1.54) is 0 Å². The quantitative estimate of drug-likeness (QED) is 0.901. The molecule has 1 amide bonds. The molecule has 3 rings (SSSR count). The van der Waals surface area contributed by atoms with Gasteiger partial charge in [-0.05, 0) is 35.9 Å². The molecule has 0 bridgehead atoms. The highest BCUT2D eigenvalue weighted by molar-refractivity contribution is 7.84. The third kappa shape index (κ3) is 3.71. The Morgan fingerprint density at radius 2 is 2.04 bits per heavy atom. The largest absolute Gasteiger partial charge is 0.490 e. The fourth-order valence-corrected chi connectivity index (χ4v) is 2.88. The van der Waals surface area contributed by atoms with Crippen LogP contribution < -0.4 is 15.4 Å². The Balaban J connectivity index is 1.64. The van der Waals surface area contributed by atoms with E-state index >= 15 is 0 Å². The Bertz CT molecular complexity index is 744. The number of rotatable bonds is 4. The molecule has 0 saturated heterocycles. The van der Waals surface area contributed by atoms with Crippen LogP contribution >= 0.6 is 0 Å². The molecule has 0 aliphatic carbocycles. The molecule has 6 heteroatoms. The molecule has 0 aromatic heterocycles. The fraction of sp³-hybridized carbons (Fsp3) is 0.235. The second-order valence-corrected chi connectivity index (χ2v) is 6.65. The van der Waals surface area contributed by atoms with Gasteiger partial charge in [-0.2, -0.15) is 0 Å². The van der Waals surface area contributed by atoms with Crippen molar-refractivity contribution in [2.24, 2.45) is 0 Å². The van der Waals surface area contributed by atoms with E-state index in [-0.39, 0.29) is 5.91 Å². The fourth-order valence-electron chi connectivity index (χ4n) is 2.36. The van der Waals surface area contributed by atoms with Gasteiger partial charge in [-0.3, -0.25) is 9.00 Å². The van der Waals surface area contributed by atoms with Crippen LogP contribution in [0.4, 0.5) is 5.69 Å². The van der Waals surface area contributed by atoms with Crippen molar-refractivity contribution in [1.29, 1.82) is 0 Å². The average Bonchev–Trinajstić information content (AvgIpc) is 2.59. The van der Waals surface area contributed by atoms with Gasteiger partial charge in [0.15, 0.2) is 0 Å². The molecule has 5 nitrogen and oxygen atoms in total. The van der Waals surface area contributed by atoms with E-state index in [2.05, 4.69) is 10.6 Å². The molecule has 0 fully saturated rings. The van der Waals surface area contributed by atoms with Crippen molar-refractivity contribution >= 4 is 22.4 Å². The lowest BCUT2D eigenvalue weighted by Crippen LogP contribution is -2.24. The summed E-state index contributed by atoms with van der Waals surface area (Å²) in [4.78, 5) is 13.0. The number of nitrogens with one attached hydrogen (secondary N) is 2. The van der Waals surface area contributed by atoms with Crippen LogP contribution in [-0.4, -0.2) is 29.5 Å². The zero-order valence-corrected chi connectivity index (χ0v) is 13.6. The molecule has 0 saturated carbocycles. The molecule has 2 aromatic rings. The summed E-state index contributed by atoms with van der Waals surface area (Å²) in [6.45, 7) is 1.80. The highest BCUT2D eigenvalue weighted by Crippen LogP contribution is 2.28. The Morgan fingerprint density at radius 3 is 2.78 bits per heavy atom. The maximum atomic E-state index is 12.2. The molecule has 120 valence electrons. The van der Waals surface area contributed by atoms with E-state index in [1.54, 1.807) is 18.4 Å². The molecule has 2 aromatic carbocycles. The number of carbonyl (C=O) groups excluding carboxylic acids is 1. The molecule has 0 radical (unpaired) electrons. The van der Waals surface area contributed by atoms with Crippen molar-refractivity contribution in [3.63, 3.8) is 0 Å². The Hall–Kier alpha value is -2.34. The van der Waals surface area contributed by atoms with Gasteiger partial charge in [-0.1, -0.05) is 12.1 Å². The monoisotopic (exact) mass is 330 g/mol. The maximum absolute atomic E-state index is 12.2. The van der Waals surface area contributed by atoms with E-state index in [0.29, 0.717) is 24.5 Å². The number of hydrogen-bond acceptors (Lipinski definition) is 4. The second-order valence-electron chi connectivity index (χ2n) is 5.27. The molecular formula is C17H18N2O3S. The summed E-state index contributed by atoms with van der Waals surface area (Å²) in [6.07, 6.45) is 1.64. The van der Waals surface area contributed by atoms with Crippen LogP contribution in [0.3, 0.4) is 0 Å². The van der Waals surface area contributed by atoms with Gasteiger partial charge in [0.05, 0.1) is 5.69 Å². The van der Waals surface area contributed by atoms with Gasteiger partial charge in [0.25, 0.3) is 5.91 Å². The van der Waals surface area contributed by atoms with Crippen LogP contribution in [0.2, 0.25) is 0 Å². The molecular weight excluding hydrogens is 312 g/mol. The first kappa shape index (κ1) is 15.6. The number of ether oxygens (including phenoxy) is 1. The molecule has 1 heterocycles. The summed E-state index contributed by atoms with van der Waals surface area (Å²) in [5.41, 5.74) is 2.44. The third-order valence-corrected chi connectivity index (χ3v) is 4.56. The topological polar surface area (TPSA) is 67.4 Å². The maximum Gasteiger partial charge on any atom is 0.251 e. The summed E-state index contributed by atoms with van der Waals surface area (Å²) < 4.78 is 16.9. The molecule has 1 aliphatic heterocycles. The van der Waals surface area contributed by atoms with Crippen molar-refractivity contribution in [2.45, 2.75) is 11.4 Å². The predicted octanol–water partition coefficient (Wildman–Crippen LogP) is 2.16. The first-order chi connectivity index (χ1) is 11.1. The highest BCUT2D eigenvalue weighted by atomic mass is 32.2. The van der Waals surface area contributed by atoms with Crippen LogP contribution in [0.5, 0.6) is 5.75 Å². The van der Waals surface area contributed by atoms with Gasteiger partial charge in [0, 0.05) is 40.6 Å². The predicted molar refractivity (Wildman–Crippen MR) is 90.4 cm³/mol. The van der Waals surface area contributed by atoms with Gasteiger partial charge in [0.2, 0.25) is 0 Å². The van der Waals surface area contributed by atoms with E-state index in [0.717, 1.165) is 22.7 Å². The van der Waals surface area contributed by atoms with Gasteiger partial charge >= 0.3 is 0 Å². The molecule has 1 atom stereocenters. The van der Waals surface area contributed by atoms with Crippen molar-refractivity contribution < 1.29 is 13.7 Å². The SMILES string of the molecule is CS(=O)c1ccc(CNC(=O)c2ccc3c(c2)OCCN3)cc1. The lowest BCUT2D eigenvalue weighted by molar-refractivity contribution is 0.0950. The van der Waals surface area contributed by atoms with Crippen molar-refractivity contribution in [2.75, 3.05) is 24.7 Å². The summed E-state index contributed by atoms with van der Waals surface area (Å²) in [6, 6.07) is 12.8. The number of carbonyl (C=O) groups is 1.